The maximum atomic E-state index is 12.1. The number of likely N-dealkylation sites (tertiary alicyclic amines) is 1. The highest BCUT2D eigenvalue weighted by Crippen LogP contribution is 2.35. The number of benzene rings is 1. The maximum Gasteiger partial charge on any atom is 0.250 e. The largest absolute Gasteiger partial charge is 0.312 e. The first-order valence-corrected chi connectivity index (χ1v) is 8.17. The molecule has 0 amide bonds. The summed E-state index contributed by atoms with van der Waals surface area (Å²) in [6, 6.07) is 14.4. The molecule has 1 aromatic heterocycles. The summed E-state index contributed by atoms with van der Waals surface area (Å²) in [6.45, 7) is 6.27. The van der Waals surface area contributed by atoms with Crippen molar-refractivity contribution in [1.82, 2.24) is 9.47 Å². The van der Waals surface area contributed by atoms with Crippen molar-refractivity contribution in [2.75, 3.05) is 13.1 Å². The Morgan fingerprint density at radius 3 is 2.77 bits per heavy atom. The summed E-state index contributed by atoms with van der Waals surface area (Å²) in [6.07, 6.45) is 1.23. The van der Waals surface area contributed by atoms with Crippen LogP contribution in [0.5, 0.6) is 0 Å². The van der Waals surface area contributed by atoms with Gasteiger partial charge >= 0.3 is 0 Å². The van der Waals surface area contributed by atoms with Gasteiger partial charge in [0.1, 0.15) is 0 Å². The first-order chi connectivity index (χ1) is 10.7. The molecule has 1 fully saturated rings. The Morgan fingerprint density at radius 2 is 1.91 bits per heavy atom. The second kappa shape index (κ2) is 5.40. The van der Waals surface area contributed by atoms with E-state index in [0.29, 0.717) is 11.8 Å². The fourth-order valence-electron chi connectivity index (χ4n) is 4.15. The van der Waals surface area contributed by atoms with Crippen molar-refractivity contribution in [2.45, 2.75) is 32.4 Å². The minimum Gasteiger partial charge on any atom is -0.312 e. The van der Waals surface area contributed by atoms with Crippen LogP contribution in [0.4, 0.5) is 0 Å². The fourth-order valence-corrected chi connectivity index (χ4v) is 4.15. The van der Waals surface area contributed by atoms with Crippen LogP contribution in [-0.4, -0.2) is 22.6 Å². The molecule has 2 bridgehead atoms. The van der Waals surface area contributed by atoms with E-state index in [-0.39, 0.29) is 5.56 Å². The molecular formula is C19H22N2O. The Morgan fingerprint density at radius 1 is 1.05 bits per heavy atom. The van der Waals surface area contributed by atoms with E-state index < -0.39 is 0 Å². The second-order valence-electron chi connectivity index (χ2n) is 6.82. The minimum atomic E-state index is 0.166. The molecule has 2 aromatic rings. The Balaban J connectivity index is 1.59. The minimum absolute atomic E-state index is 0.166. The molecule has 2 aliphatic rings. The third-order valence-corrected chi connectivity index (χ3v) is 5.21. The van der Waals surface area contributed by atoms with Crippen LogP contribution in [0.1, 0.15) is 29.2 Å². The zero-order valence-electron chi connectivity index (χ0n) is 13.0. The van der Waals surface area contributed by atoms with Crippen molar-refractivity contribution >= 4 is 0 Å². The van der Waals surface area contributed by atoms with E-state index in [1.807, 2.05) is 10.6 Å². The molecule has 0 aliphatic carbocycles. The predicted molar refractivity (Wildman–Crippen MR) is 88.0 cm³/mol. The molecule has 114 valence electrons. The highest BCUT2D eigenvalue weighted by molar-refractivity contribution is 5.26. The summed E-state index contributed by atoms with van der Waals surface area (Å²) in [4.78, 5) is 14.6. The number of hydrogen-bond donors (Lipinski definition) is 0. The van der Waals surface area contributed by atoms with E-state index in [1.165, 1.54) is 23.2 Å². The van der Waals surface area contributed by atoms with Crippen LogP contribution < -0.4 is 5.56 Å². The molecule has 4 rings (SSSR count). The number of aryl methyl sites for hydroxylation is 1. The molecule has 0 unspecified atom stereocenters. The lowest BCUT2D eigenvalue weighted by Gasteiger charge is -2.43. The topological polar surface area (TPSA) is 25.2 Å². The van der Waals surface area contributed by atoms with Crippen LogP contribution in [0.15, 0.2) is 47.3 Å². The maximum absolute atomic E-state index is 12.1. The van der Waals surface area contributed by atoms with Gasteiger partial charge in [-0.1, -0.05) is 30.3 Å². The summed E-state index contributed by atoms with van der Waals surface area (Å²) in [7, 11) is 0. The van der Waals surface area contributed by atoms with Gasteiger partial charge in [0.2, 0.25) is 0 Å². The Bertz CT molecular complexity index is 749. The van der Waals surface area contributed by atoms with Gasteiger partial charge in [-0.25, -0.2) is 0 Å². The molecule has 1 aromatic carbocycles. The summed E-state index contributed by atoms with van der Waals surface area (Å²) < 4.78 is 2.00. The number of hydrogen-bond acceptors (Lipinski definition) is 2. The van der Waals surface area contributed by atoms with Crippen molar-refractivity contribution in [2.24, 2.45) is 5.92 Å². The third-order valence-electron chi connectivity index (χ3n) is 5.21. The molecule has 0 radical (unpaired) electrons. The van der Waals surface area contributed by atoms with E-state index in [0.717, 1.165) is 26.2 Å². The van der Waals surface area contributed by atoms with Crippen molar-refractivity contribution in [3.63, 3.8) is 0 Å². The number of rotatable bonds is 2. The first-order valence-electron chi connectivity index (χ1n) is 8.17. The summed E-state index contributed by atoms with van der Waals surface area (Å²) in [5.74, 6) is 1.11. The number of pyridine rings is 1. The van der Waals surface area contributed by atoms with Gasteiger partial charge in [-0.2, -0.15) is 0 Å². The van der Waals surface area contributed by atoms with Crippen molar-refractivity contribution in [3.8, 4) is 0 Å². The molecule has 0 N–H and O–H groups in total. The van der Waals surface area contributed by atoms with E-state index in [2.05, 4.69) is 42.2 Å². The standard InChI is InChI=1S/C19H22N2O/c1-14-5-2-3-6-16(14)12-20-10-15-9-17(13-20)18-7-4-8-19(22)21(18)11-15/h2-8,15,17H,9-13H2,1H3/t15-,17+/m0/s1. The van der Waals surface area contributed by atoms with Gasteiger partial charge in [-0.15, -0.1) is 0 Å². The lowest BCUT2D eigenvalue weighted by Crippen LogP contribution is -2.46. The van der Waals surface area contributed by atoms with Gasteiger partial charge in [0, 0.05) is 43.9 Å². The van der Waals surface area contributed by atoms with E-state index >= 15 is 0 Å². The van der Waals surface area contributed by atoms with Crippen LogP contribution in [0, 0.1) is 12.8 Å². The zero-order valence-corrected chi connectivity index (χ0v) is 13.0. The molecular weight excluding hydrogens is 272 g/mol. The quantitative estimate of drug-likeness (QED) is 0.851. The average molecular weight is 294 g/mol. The molecule has 0 spiro atoms. The van der Waals surface area contributed by atoms with Crippen LogP contribution in [-0.2, 0) is 13.1 Å². The molecule has 2 aliphatic heterocycles. The van der Waals surface area contributed by atoms with Crippen molar-refractivity contribution in [1.29, 1.82) is 0 Å². The summed E-state index contributed by atoms with van der Waals surface area (Å²) in [5.41, 5.74) is 4.19. The van der Waals surface area contributed by atoms with Gasteiger partial charge in [-0.3, -0.25) is 9.69 Å². The van der Waals surface area contributed by atoms with E-state index in [1.54, 1.807) is 6.07 Å². The lowest BCUT2D eigenvalue weighted by molar-refractivity contribution is 0.114. The highest BCUT2D eigenvalue weighted by Gasteiger charge is 2.34. The molecule has 22 heavy (non-hydrogen) atoms. The number of piperidine rings is 1. The Labute approximate surface area is 131 Å². The number of nitrogens with zero attached hydrogens (tertiary/aromatic N) is 2. The molecule has 3 heteroatoms. The van der Waals surface area contributed by atoms with Gasteiger partial charge in [0.15, 0.2) is 0 Å². The molecule has 1 saturated heterocycles. The Kier molecular flexibility index (Phi) is 3.38. The van der Waals surface area contributed by atoms with Crippen LogP contribution in [0.2, 0.25) is 0 Å². The Hall–Kier alpha value is -1.87. The van der Waals surface area contributed by atoms with Crippen LogP contribution in [0.25, 0.3) is 0 Å². The molecule has 3 heterocycles. The number of aromatic nitrogens is 1. The molecule has 0 saturated carbocycles. The van der Waals surface area contributed by atoms with Crippen LogP contribution in [0.3, 0.4) is 0 Å². The SMILES string of the molecule is Cc1ccccc1CN1C[C@@H]2C[C@H](C1)c1cccc(=O)n1C2. The van der Waals surface area contributed by atoms with Gasteiger partial charge in [0.05, 0.1) is 0 Å². The van der Waals surface area contributed by atoms with Crippen molar-refractivity contribution < 1.29 is 0 Å². The van der Waals surface area contributed by atoms with E-state index in [9.17, 15) is 4.79 Å². The average Bonchev–Trinajstić information content (AvgIpc) is 2.51. The van der Waals surface area contributed by atoms with Gasteiger partial charge in [-0.05, 0) is 36.5 Å². The highest BCUT2D eigenvalue weighted by atomic mass is 16.1. The second-order valence-corrected chi connectivity index (χ2v) is 6.82. The normalized spacial score (nSPS) is 24.0. The van der Waals surface area contributed by atoms with Gasteiger partial charge in [0.25, 0.3) is 5.56 Å². The zero-order chi connectivity index (χ0) is 15.1. The van der Waals surface area contributed by atoms with Gasteiger partial charge < -0.3 is 4.57 Å². The molecule has 2 atom stereocenters. The number of fused-ring (bicyclic) bond motifs is 4. The fraction of sp³-hybridized carbons (Fsp3) is 0.421. The summed E-state index contributed by atoms with van der Waals surface area (Å²) in [5, 5.41) is 0. The van der Waals surface area contributed by atoms with Crippen molar-refractivity contribution in [3.05, 3.63) is 69.6 Å². The lowest BCUT2D eigenvalue weighted by atomic mass is 9.83. The third kappa shape index (κ3) is 2.40. The first kappa shape index (κ1) is 13.8. The monoisotopic (exact) mass is 294 g/mol. The molecule has 3 nitrogen and oxygen atoms in total. The smallest absolute Gasteiger partial charge is 0.250 e. The summed E-state index contributed by atoms with van der Waals surface area (Å²) >= 11 is 0. The van der Waals surface area contributed by atoms with Crippen LogP contribution >= 0.6 is 0 Å². The van der Waals surface area contributed by atoms with E-state index in [4.69, 9.17) is 0 Å². The predicted octanol–water partition coefficient (Wildman–Crippen LogP) is 2.78.